The molecule has 0 aromatic heterocycles. The molecule has 1 aromatic carbocycles. The van der Waals surface area contributed by atoms with Crippen molar-refractivity contribution in [3.05, 3.63) is 33.4 Å². The van der Waals surface area contributed by atoms with Gasteiger partial charge in [0.2, 0.25) is 0 Å². The highest BCUT2D eigenvalue weighted by Crippen LogP contribution is 2.08. The van der Waals surface area contributed by atoms with Crippen LogP contribution in [0.5, 0.6) is 0 Å². The Bertz CT molecular complexity index is 349. The highest BCUT2D eigenvalue weighted by Gasteiger charge is 2.15. The van der Waals surface area contributed by atoms with Gasteiger partial charge in [0.25, 0.3) is 5.91 Å². The zero-order valence-corrected chi connectivity index (χ0v) is 11.7. The second kappa shape index (κ2) is 6.20. The molecule has 16 heavy (non-hydrogen) atoms. The van der Waals surface area contributed by atoms with E-state index in [4.69, 9.17) is 5.73 Å². The van der Waals surface area contributed by atoms with Crippen molar-refractivity contribution in [1.29, 1.82) is 0 Å². The molecular weight excluding hydrogens is 315 g/mol. The molecule has 1 atom stereocenters. The molecular formula is C12H17IN2O. The lowest BCUT2D eigenvalue weighted by atomic mass is 10.0. The van der Waals surface area contributed by atoms with E-state index < -0.39 is 0 Å². The van der Waals surface area contributed by atoms with Crippen LogP contribution in [0.1, 0.15) is 24.2 Å². The van der Waals surface area contributed by atoms with E-state index in [0.717, 1.165) is 3.57 Å². The summed E-state index contributed by atoms with van der Waals surface area (Å²) in [6, 6.07) is 7.52. The standard InChI is InChI=1S/C12H17IN2O/c1-8(2)11(7-14)15-12(16)9-3-5-10(13)6-4-9/h3-6,8,11H,7,14H2,1-2H3,(H,15,16). The maximum atomic E-state index is 11.9. The van der Waals surface area contributed by atoms with Gasteiger partial charge < -0.3 is 11.1 Å². The minimum atomic E-state index is -0.0550. The molecule has 88 valence electrons. The van der Waals surface area contributed by atoms with Gasteiger partial charge in [-0.3, -0.25) is 4.79 Å². The number of carbonyl (C=O) groups excluding carboxylic acids is 1. The summed E-state index contributed by atoms with van der Waals surface area (Å²) in [5.41, 5.74) is 6.29. The molecule has 0 bridgehead atoms. The molecule has 0 radical (unpaired) electrons. The third-order valence-electron chi connectivity index (χ3n) is 2.48. The molecule has 0 aliphatic rings. The molecule has 1 amide bonds. The summed E-state index contributed by atoms with van der Waals surface area (Å²) in [5, 5.41) is 2.94. The summed E-state index contributed by atoms with van der Waals surface area (Å²) >= 11 is 2.21. The summed E-state index contributed by atoms with van der Waals surface area (Å²) in [7, 11) is 0. The zero-order chi connectivity index (χ0) is 12.1. The van der Waals surface area contributed by atoms with Crippen LogP contribution in [0.2, 0.25) is 0 Å². The van der Waals surface area contributed by atoms with Gasteiger partial charge in [-0.25, -0.2) is 0 Å². The number of benzene rings is 1. The molecule has 0 saturated carbocycles. The van der Waals surface area contributed by atoms with Gasteiger partial charge in [-0.15, -0.1) is 0 Å². The lowest BCUT2D eigenvalue weighted by Crippen LogP contribution is -2.43. The second-order valence-corrected chi connectivity index (χ2v) is 5.31. The van der Waals surface area contributed by atoms with Crippen LogP contribution in [0.15, 0.2) is 24.3 Å². The number of nitrogens with two attached hydrogens (primary N) is 1. The highest BCUT2D eigenvalue weighted by atomic mass is 127. The smallest absolute Gasteiger partial charge is 0.251 e. The van der Waals surface area contributed by atoms with Crippen LogP contribution in [0, 0.1) is 9.49 Å². The van der Waals surface area contributed by atoms with Gasteiger partial charge in [-0.1, -0.05) is 13.8 Å². The van der Waals surface area contributed by atoms with E-state index in [9.17, 15) is 4.79 Å². The minimum Gasteiger partial charge on any atom is -0.348 e. The normalized spacial score (nSPS) is 12.6. The van der Waals surface area contributed by atoms with Gasteiger partial charge in [0, 0.05) is 21.7 Å². The molecule has 0 aliphatic carbocycles. The summed E-state index contributed by atoms with van der Waals surface area (Å²) in [4.78, 5) is 11.9. The Morgan fingerprint density at radius 1 is 1.38 bits per heavy atom. The number of amides is 1. The quantitative estimate of drug-likeness (QED) is 0.829. The summed E-state index contributed by atoms with van der Waals surface area (Å²) in [6.45, 7) is 4.56. The van der Waals surface area contributed by atoms with E-state index in [0.29, 0.717) is 18.0 Å². The predicted octanol–water partition coefficient (Wildman–Crippen LogP) is 2.00. The SMILES string of the molecule is CC(C)C(CN)NC(=O)c1ccc(I)cc1. The molecule has 1 rings (SSSR count). The van der Waals surface area contributed by atoms with Gasteiger partial charge in [-0.2, -0.15) is 0 Å². The Kier molecular flexibility index (Phi) is 5.21. The van der Waals surface area contributed by atoms with Crippen molar-refractivity contribution >= 4 is 28.5 Å². The van der Waals surface area contributed by atoms with Crippen molar-refractivity contribution < 1.29 is 4.79 Å². The third-order valence-corrected chi connectivity index (χ3v) is 3.20. The summed E-state index contributed by atoms with van der Waals surface area (Å²) in [5.74, 6) is 0.290. The second-order valence-electron chi connectivity index (χ2n) is 4.07. The van der Waals surface area contributed by atoms with Crippen LogP contribution in [-0.4, -0.2) is 18.5 Å². The lowest BCUT2D eigenvalue weighted by Gasteiger charge is -2.20. The van der Waals surface area contributed by atoms with E-state index >= 15 is 0 Å². The lowest BCUT2D eigenvalue weighted by molar-refractivity contribution is 0.0928. The number of halogens is 1. The number of hydrogen-bond acceptors (Lipinski definition) is 2. The molecule has 0 saturated heterocycles. The Hall–Kier alpha value is -0.620. The Morgan fingerprint density at radius 3 is 2.38 bits per heavy atom. The molecule has 1 aromatic rings. The van der Waals surface area contributed by atoms with Crippen LogP contribution in [0.3, 0.4) is 0 Å². The topological polar surface area (TPSA) is 55.1 Å². The van der Waals surface area contributed by atoms with Gasteiger partial charge in [0.1, 0.15) is 0 Å². The monoisotopic (exact) mass is 332 g/mol. The largest absolute Gasteiger partial charge is 0.348 e. The van der Waals surface area contributed by atoms with Crippen molar-refractivity contribution in [3.63, 3.8) is 0 Å². The fraction of sp³-hybridized carbons (Fsp3) is 0.417. The maximum Gasteiger partial charge on any atom is 0.251 e. The summed E-state index contributed by atoms with van der Waals surface area (Å²) < 4.78 is 1.12. The van der Waals surface area contributed by atoms with Crippen LogP contribution in [0.4, 0.5) is 0 Å². The minimum absolute atomic E-state index is 0.0341. The molecule has 3 N–H and O–H groups in total. The van der Waals surface area contributed by atoms with Gasteiger partial charge >= 0.3 is 0 Å². The van der Waals surface area contributed by atoms with Crippen molar-refractivity contribution in [2.24, 2.45) is 11.7 Å². The first-order valence-corrected chi connectivity index (χ1v) is 6.39. The van der Waals surface area contributed by atoms with Crippen molar-refractivity contribution in [2.75, 3.05) is 6.54 Å². The van der Waals surface area contributed by atoms with Crippen molar-refractivity contribution in [2.45, 2.75) is 19.9 Å². The first-order valence-electron chi connectivity index (χ1n) is 5.31. The average Bonchev–Trinajstić information content (AvgIpc) is 2.26. The van der Waals surface area contributed by atoms with Gasteiger partial charge in [-0.05, 0) is 52.8 Å². The van der Waals surface area contributed by atoms with Crippen LogP contribution < -0.4 is 11.1 Å². The van der Waals surface area contributed by atoms with Crippen LogP contribution in [-0.2, 0) is 0 Å². The fourth-order valence-corrected chi connectivity index (χ4v) is 1.71. The van der Waals surface area contributed by atoms with E-state index in [2.05, 4.69) is 27.9 Å². The maximum absolute atomic E-state index is 11.9. The Labute approximate surface area is 110 Å². The molecule has 3 nitrogen and oxygen atoms in total. The van der Waals surface area contributed by atoms with E-state index in [1.807, 2.05) is 38.1 Å². The van der Waals surface area contributed by atoms with E-state index in [-0.39, 0.29) is 11.9 Å². The van der Waals surface area contributed by atoms with Crippen LogP contribution in [0.25, 0.3) is 0 Å². The van der Waals surface area contributed by atoms with E-state index in [1.54, 1.807) is 0 Å². The molecule has 1 unspecified atom stereocenters. The first kappa shape index (κ1) is 13.4. The molecule has 0 fully saturated rings. The van der Waals surface area contributed by atoms with E-state index in [1.165, 1.54) is 0 Å². The highest BCUT2D eigenvalue weighted by molar-refractivity contribution is 14.1. The van der Waals surface area contributed by atoms with Crippen LogP contribution >= 0.6 is 22.6 Å². The Balaban J connectivity index is 2.68. The van der Waals surface area contributed by atoms with Crippen molar-refractivity contribution in [1.82, 2.24) is 5.32 Å². The Morgan fingerprint density at radius 2 is 1.94 bits per heavy atom. The summed E-state index contributed by atoms with van der Waals surface area (Å²) in [6.07, 6.45) is 0. The van der Waals surface area contributed by atoms with Gasteiger partial charge in [0.05, 0.1) is 0 Å². The van der Waals surface area contributed by atoms with Crippen molar-refractivity contribution in [3.8, 4) is 0 Å². The van der Waals surface area contributed by atoms with Gasteiger partial charge in [0.15, 0.2) is 0 Å². The number of nitrogens with one attached hydrogen (secondary N) is 1. The average molecular weight is 332 g/mol. The fourth-order valence-electron chi connectivity index (χ4n) is 1.35. The molecule has 4 heteroatoms. The molecule has 0 heterocycles. The predicted molar refractivity (Wildman–Crippen MR) is 74.3 cm³/mol. The first-order chi connectivity index (χ1) is 7.54. The number of rotatable bonds is 4. The number of hydrogen-bond donors (Lipinski definition) is 2. The zero-order valence-electron chi connectivity index (χ0n) is 9.53. The number of carbonyl (C=O) groups is 1. The third kappa shape index (κ3) is 3.75. The molecule has 0 aliphatic heterocycles. The molecule has 0 spiro atoms.